The Morgan fingerprint density at radius 3 is 2.14 bits per heavy atom. The van der Waals surface area contributed by atoms with Gasteiger partial charge in [0.2, 0.25) is 5.91 Å². The number of amides is 3. The van der Waals surface area contributed by atoms with Crippen molar-refractivity contribution in [3.63, 3.8) is 0 Å². The second kappa shape index (κ2) is 7.75. The lowest BCUT2D eigenvalue weighted by atomic mass is 9.94. The monoisotopic (exact) mass is 414 g/mol. The van der Waals surface area contributed by atoms with Gasteiger partial charge in [0, 0.05) is 6.54 Å². The Hall–Kier alpha value is -1.87. The lowest BCUT2D eigenvalue weighted by molar-refractivity contribution is -0.134. The number of carbonyl (C=O) groups excluding carboxylic acids is 3. The predicted molar refractivity (Wildman–Crippen MR) is 104 cm³/mol. The van der Waals surface area contributed by atoms with E-state index in [1.54, 1.807) is 55.4 Å². The van der Waals surface area contributed by atoms with Gasteiger partial charge in [0.05, 0.1) is 24.7 Å². The Bertz CT molecular complexity index is 663. The minimum absolute atomic E-state index is 0.0592. The second-order valence-electron chi connectivity index (χ2n) is 10.0. The largest absolute Gasteiger partial charge is 0.444 e. The molecule has 2 aliphatic heterocycles. The van der Waals surface area contributed by atoms with Crippen LogP contribution in [0.3, 0.4) is 0 Å². The first-order valence-corrected chi connectivity index (χ1v) is 9.92. The van der Waals surface area contributed by atoms with Gasteiger partial charge < -0.3 is 19.3 Å². The number of carbonyl (C=O) groups is 3. The Morgan fingerprint density at radius 1 is 1.10 bits per heavy atom. The van der Waals surface area contributed by atoms with Crippen molar-refractivity contribution in [2.24, 2.45) is 5.92 Å². The zero-order valence-electron chi connectivity index (χ0n) is 18.6. The molecule has 0 radical (unpaired) electrons. The molecule has 0 spiro atoms. The van der Waals surface area contributed by atoms with Gasteiger partial charge in [0.15, 0.2) is 0 Å². The van der Waals surface area contributed by atoms with Crippen molar-refractivity contribution in [1.82, 2.24) is 9.80 Å². The van der Waals surface area contributed by atoms with E-state index in [-0.39, 0.29) is 19.6 Å². The number of hydrogen-bond acceptors (Lipinski definition) is 7. The molecule has 2 rings (SSSR count). The van der Waals surface area contributed by atoms with Crippen LogP contribution in [0.15, 0.2) is 0 Å². The third-order valence-electron chi connectivity index (χ3n) is 4.78. The number of aliphatic hydroxyl groups excluding tert-OH is 1. The third-order valence-corrected chi connectivity index (χ3v) is 4.78. The summed E-state index contributed by atoms with van der Waals surface area (Å²) < 4.78 is 16.4. The lowest BCUT2D eigenvalue weighted by Crippen LogP contribution is -2.55. The molecule has 0 aromatic rings. The molecule has 2 fully saturated rings. The minimum atomic E-state index is -1.20. The normalized spacial score (nSPS) is 25.9. The predicted octanol–water partition coefficient (Wildman–Crippen LogP) is 2.50. The van der Waals surface area contributed by atoms with Crippen LogP contribution in [-0.2, 0) is 19.0 Å². The summed E-state index contributed by atoms with van der Waals surface area (Å²) in [6.45, 7) is 14.0. The van der Waals surface area contributed by atoms with Gasteiger partial charge in [0.25, 0.3) is 0 Å². The van der Waals surface area contributed by atoms with E-state index in [9.17, 15) is 19.5 Å². The molecule has 9 nitrogen and oxygen atoms in total. The summed E-state index contributed by atoms with van der Waals surface area (Å²) in [5, 5.41) is 11.0. The second-order valence-corrected chi connectivity index (χ2v) is 10.0. The number of nitrogens with zero attached hydrogens (tertiary/aromatic N) is 2. The van der Waals surface area contributed by atoms with Crippen molar-refractivity contribution >= 4 is 18.1 Å². The molecule has 166 valence electrons. The van der Waals surface area contributed by atoms with Crippen molar-refractivity contribution in [3.05, 3.63) is 0 Å². The van der Waals surface area contributed by atoms with Gasteiger partial charge >= 0.3 is 12.2 Å². The quantitative estimate of drug-likeness (QED) is 0.740. The van der Waals surface area contributed by atoms with Gasteiger partial charge in [-0.2, -0.15) is 0 Å². The Morgan fingerprint density at radius 2 is 1.62 bits per heavy atom. The highest BCUT2D eigenvalue weighted by Crippen LogP contribution is 2.35. The van der Waals surface area contributed by atoms with Crippen LogP contribution in [0.25, 0.3) is 0 Å². The average Bonchev–Trinajstić information content (AvgIpc) is 3.02. The zero-order chi connectivity index (χ0) is 22.4. The fourth-order valence-electron chi connectivity index (χ4n) is 3.54. The van der Waals surface area contributed by atoms with Crippen molar-refractivity contribution in [2.45, 2.75) is 90.9 Å². The molecule has 0 aromatic heterocycles. The highest BCUT2D eigenvalue weighted by molar-refractivity contribution is 5.95. The molecule has 1 N–H and O–H groups in total. The Labute approximate surface area is 172 Å². The van der Waals surface area contributed by atoms with Gasteiger partial charge in [-0.05, 0) is 61.8 Å². The summed E-state index contributed by atoms with van der Waals surface area (Å²) in [7, 11) is 0. The number of aliphatic hydroxyl groups is 1. The SMILES string of the molecule is CC(C)(C)OC(=O)N1CCC(C(O)[C@H]2COC(C)(C)N2C(=O)OC(C)(C)C)C1=O. The third kappa shape index (κ3) is 5.39. The van der Waals surface area contributed by atoms with Crippen LogP contribution in [0.5, 0.6) is 0 Å². The molecular formula is C20H34N2O7. The van der Waals surface area contributed by atoms with Crippen LogP contribution in [0.2, 0.25) is 0 Å². The number of hydrogen-bond donors (Lipinski definition) is 1. The molecule has 2 saturated heterocycles. The molecule has 0 aromatic carbocycles. The number of ether oxygens (including phenoxy) is 3. The molecule has 2 aliphatic rings. The smallest absolute Gasteiger partial charge is 0.417 e. The summed E-state index contributed by atoms with van der Waals surface area (Å²) in [5.41, 5.74) is -2.45. The fraction of sp³-hybridized carbons (Fsp3) is 0.850. The summed E-state index contributed by atoms with van der Waals surface area (Å²) >= 11 is 0. The molecule has 2 unspecified atom stereocenters. The van der Waals surface area contributed by atoms with Gasteiger partial charge in [-0.25, -0.2) is 14.5 Å². The molecule has 0 bridgehead atoms. The first-order chi connectivity index (χ1) is 13.0. The van der Waals surface area contributed by atoms with Crippen LogP contribution < -0.4 is 0 Å². The topological polar surface area (TPSA) is 106 Å². The van der Waals surface area contributed by atoms with E-state index >= 15 is 0 Å². The molecular weight excluding hydrogens is 380 g/mol. The average molecular weight is 414 g/mol. The van der Waals surface area contributed by atoms with E-state index in [1.807, 2.05) is 0 Å². The minimum Gasteiger partial charge on any atom is -0.444 e. The first kappa shape index (κ1) is 23.4. The van der Waals surface area contributed by atoms with Gasteiger partial charge in [-0.3, -0.25) is 9.69 Å². The maximum atomic E-state index is 12.8. The molecule has 3 amide bonds. The molecule has 9 heteroatoms. The number of rotatable bonds is 2. The van der Waals surface area contributed by atoms with Crippen LogP contribution >= 0.6 is 0 Å². The van der Waals surface area contributed by atoms with Crippen LogP contribution in [0.1, 0.15) is 61.8 Å². The number of imide groups is 1. The fourth-order valence-corrected chi connectivity index (χ4v) is 3.54. The van der Waals surface area contributed by atoms with E-state index in [0.29, 0.717) is 0 Å². The maximum Gasteiger partial charge on any atom is 0.417 e. The Balaban J connectivity index is 2.16. The molecule has 0 saturated carbocycles. The first-order valence-electron chi connectivity index (χ1n) is 9.92. The van der Waals surface area contributed by atoms with E-state index < -0.39 is 53.1 Å². The number of likely N-dealkylation sites (tertiary alicyclic amines) is 1. The van der Waals surface area contributed by atoms with Gasteiger partial charge in [-0.15, -0.1) is 0 Å². The highest BCUT2D eigenvalue weighted by Gasteiger charge is 2.53. The van der Waals surface area contributed by atoms with Gasteiger partial charge in [0.1, 0.15) is 16.9 Å². The molecule has 3 atom stereocenters. The van der Waals surface area contributed by atoms with Crippen LogP contribution in [-0.4, -0.2) is 75.2 Å². The van der Waals surface area contributed by atoms with E-state index in [1.165, 1.54) is 4.90 Å². The summed E-state index contributed by atoms with van der Waals surface area (Å²) in [6, 6.07) is -0.771. The van der Waals surface area contributed by atoms with Crippen molar-refractivity contribution in [3.8, 4) is 0 Å². The standard InChI is InChI=1S/C20H34N2O7/c1-18(2,3)28-16(25)21-10-9-12(15(21)24)14(23)13-11-27-20(7,8)22(13)17(26)29-19(4,5)6/h12-14,23H,9-11H2,1-8H3/t12?,13-,14?/m1/s1. The summed E-state index contributed by atoms with van der Waals surface area (Å²) in [6.07, 6.45) is -2.29. The van der Waals surface area contributed by atoms with Crippen molar-refractivity contribution in [1.29, 1.82) is 0 Å². The molecule has 2 heterocycles. The summed E-state index contributed by atoms with van der Waals surface area (Å²) in [5.74, 6) is -1.35. The van der Waals surface area contributed by atoms with E-state index in [4.69, 9.17) is 14.2 Å². The van der Waals surface area contributed by atoms with Crippen molar-refractivity contribution < 1.29 is 33.7 Å². The van der Waals surface area contributed by atoms with E-state index in [2.05, 4.69) is 0 Å². The van der Waals surface area contributed by atoms with Crippen LogP contribution in [0, 0.1) is 5.92 Å². The Kier molecular flexibility index (Phi) is 6.26. The van der Waals surface area contributed by atoms with E-state index in [0.717, 1.165) is 4.90 Å². The van der Waals surface area contributed by atoms with Gasteiger partial charge in [-0.1, -0.05) is 0 Å². The molecule has 0 aliphatic carbocycles. The zero-order valence-corrected chi connectivity index (χ0v) is 18.6. The van der Waals surface area contributed by atoms with Crippen molar-refractivity contribution in [2.75, 3.05) is 13.2 Å². The summed E-state index contributed by atoms with van der Waals surface area (Å²) in [4.78, 5) is 40.2. The highest BCUT2D eigenvalue weighted by atomic mass is 16.6. The van der Waals surface area contributed by atoms with Crippen LogP contribution in [0.4, 0.5) is 9.59 Å². The maximum absolute atomic E-state index is 12.8. The lowest BCUT2D eigenvalue weighted by Gasteiger charge is -2.37. The molecule has 29 heavy (non-hydrogen) atoms.